The highest BCUT2D eigenvalue weighted by atomic mass is 32.2. The minimum atomic E-state index is -0.308. The van der Waals surface area contributed by atoms with E-state index in [1.54, 1.807) is 17.8 Å². The summed E-state index contributed by atoms with van der Waals surface area (Å²) in [5, 5.41) is 0.627. The van der Waals surface area contributed by atoms with Crippen LogP contribution in [0.25, 0.3) is 0 Å². The normalized spacial score (nSPS) is 16.1. The van der Waals surface area contributed by atoms with Gasteiger partial charge in [-0.3, -0.25) is 0 Å². The van der Waals surface area contributed by atoms with Crippen molar-refractivity contribution in [1.29, 1.82) is 0 Å². The van der Waals surface area contributed by atoms with Crippen LogP contribution in [0.5, 0.6) is 0 Å². The zero-order valence-electron chi connectivity index (χ0n) is 9.94. The van der Waals surface area contributed by atoms with Gasteiger partial charge < -0.3 is 10.5 Å². The van der Waals surface area contributed by atoms with Gasteiger partial charge >= 0.3 is 5.97 Å². The molecule has 0 bridgehead atoms. The highest BCUT2D eigenvalue weighted by Crippen LogP contribution is 2.36. The summed E-state index contributed by atoms with van der Waals surface area (Å²) in [5.74, 6) is -0.308. The van der Waals surface area contributed by atoms with Gasteiger partial charge in [0.1, 0.15) is 0 Å². The molecule has 2 N–H and O–H groups in total. The van der Waals surface area contributed by atoms with Gasteiger partial charge in [-0.25, -0.2) is 4.79 Å². The molecule has 0 spiro atoms. The Hall–Kier alpha value is -1.16. The Kier molecular flexibility index (Phi) is 3.94. The summed E-state index contributed by atoms with van der Waals surface area (Å²) in [4.78, 5) is 12.7. The zero-order valence-corrected chi connectivity index (χ0v) is 10.8. The van der Waals surface area contributed by atoms with E-state index in [4.69, 9.17) is 10.5 Å². The number of benzene rings is 1. The molecule has 0 amide bonds. The molecule has 0 radical (unpaired) electrons. The van der Waals surface area contributed by atoms with Gasteiger partial charge in [-0.1, -0.05) is 12.8 Å². The maximum atomic E-state index is 11.7. The quantitative estimate of drug-likeness (QED) is 0.662. The van der Waals surface area contributed by atoms with Gasteiger partial charge in [0, 0.05) is 15.8 Å². The van der Waals surface area contributed by atoms with Crippen LogP contribution in [0.15, 0.2) is 23.1 Å². The Morgan fingerprint density at radius 3 is 2.76 bits per heavy atom. The minimum absolute atomic E-state index is 0.308. The van der Waals surface area contributed by atoms with E-state index < -0.39 is 0 Å². The molecule has 0 aliphatic heterocycles. The number of methoxy groups -OCH3 is 1. The van der Waals surface area contributed by atoms with Crippen molar-refractivity contribution in [3.05, 3.63) is 23.8 Å². The van der Waals surface area contributed by atoms with Crippen molar-refractivity contribution >= 4 is 23.4 Å². The van der Waals surface area contributed by atoms with Crippen molar-refractivity contribution < 1.29 is 9.53 Å². The third-order valence-corrected chi connectivity index (χ3v) is 4.42. The molecular weight excluding hydrogens is 234 g/mol. The number of hydrogen-bond acceptors (Lipinski definition) is 4. The first kappa shape index (κ1) is 12.3. The van der Waals surface area contributed by atoms with Crippen LogP contribution in [0.4, 0.5) is 5.69 Å². The second-order valence-electron chi connectivity index (χ2n) is 4.27. The van der Waals surface area contributed by atoms with Crippen molar-refractivity contribution in [2.45, 2.75) is 35.8 Å². The van der Waals surface area contributed by atoms with Gasteiger partial charge in [0.05, 0.1) is 12.7 Å². The van der Waals surface area contributed by atoms with E-state index in [9.17, 15) is 4.79 Å². The standard InChI is InChI=1S/C13H17NO2S/c1-16-13(15)11-8-9(14)6-7-12(11)17-10-4-2-3-5-10/h6-8,10H,2-5,14H2,1H3. The summed E-state index contributed by atoms with van der Waals surface area (Å²) >= 11 is 1.77. The fourth-order valence-corrected chi connectivity index (χ4v) is 3.45. The number of rotatable bonds is 3. The Balaban J connectivity index is 2.22. The van der Waals surface area contributed by atoms with Gasteiger partial charge in [0.25, 0.3) is 0 Å². The van der Waals surface area contributed by atoms with Crippen molar-refractivity contribution in [2.24, 2.45) is 0 Å². The van der Waals surface area contributed by atoms with Crippen LogP contribution in [0, 0.1) is 0 Å². The first-order chi connectivity index (χ1) is 8.20. The first-order valence-electron chi connectivity index (χ1n) is 5.85. The van der Waals surface area contributed by atoms with Crippen molar-refractivity contribution in [1.82, 2.24) is 0 Å². The predicted molar refractivity (Wildman–Crippen MR) is 70.3 cm³/mol. The van der Waals surface area contributed by atoms with Crippen LogP contribution in [0.2, 0.25) is 0 Å². The molecule has 1 fully saturated rings. The fraction of sp³-hybridized carbons (Fsp3) is 0.462. The van der Waals surface area contributed by atoms with Crippen LogP contribution in [-0.4, -0.2) is 18.3 Å². The van der Waals surface area contributed by atoms with Crippen LogP contribution >= 0.6 is 11.8 Å². The molecule has 0 heterocycles. The van der Waals surface area contributed by atoms with Gasteiger partial charge in [-0.15, -0.1) is 11.8 Å². The van der Waals surface area contributed by atoms with Crippen LogP contribution in [0.3, 0.4) is 0 Å². The molecule has 0 atom stereocenters. The Bertz CT molecular complexity index is 414. The van der Waals surface area contributed by atoms with E-state index in [0.29, 0.717) is 16.5 Å². The molecule has 0 aromatic heterocycles. The Morgan fingerprint density at radius 2 is 2.12 bits per heavy atom. The molecular formula is C13H17NO2S. The maximum Gasteiger partial charge on any atom is 0.339 e. The number of carbonyl (C=O) groups is 1. The van der Waals surface area contributed by atoms with E-state index in [-0.39, 0.29) is 5.97 Å². The van der Waals surface area contributed by atoms with Gasteiger partial charge in [-0.05, 0) is 31.0 Å². The summed E-state index contributed by atoms with van der Waals surface area (Å²) in [7, 11) is 1.40. The SMILES string of the molecule is COC(=O)c1cc(N)ccc1SC1CCCC1. The Labute approximate surface area is 106 Å². The highest BCUT2D eigenvalue weighted by molar-refractivity contribution is 8.00. The van der Waals surface area contributed by atoms with Crippen LogP contribution < -0.4 is 5.73 Å². The number of ether oxygens (including phenoxy) is 1. The summed E-state index contributed by atoms with van der Waals surface area (Å²) in [5.41, 5.74) is 6.90. The average molecular weight is 251 g/mol. The third-order valence-electron chi connectivity index (χ3n) is 3.00. The molecule has 1 aliphatic rings. The summed E-state index contributed by atoms with van der Waals surface area (Å²) in [6, 6.07) is 5.46. The molecule has 1 aromatic carbocycles. The monoisotopic (exact) mass is 251 g/mol. The van der Waals surface area contributed by atoms with E-state index >= 15 is 0 Å². The second-order valence-corrected chi connectivity index (χ2v) is 5.61. The lowest BCUT2D eigenvalue weighted by Gasteiger charge is -2.12. The summed E-state index contributed by atoms with van der Waals surface area (Å²) in [6.07, 6.45) is 5.05. The van der Waals surface area contributed by atoms with Crippen LogP contribution in [0.1, 0.15) is 36.0 Å². The minimum Gasteiger partial charge on any atom is -0.465 e. The maximum absolute atomic E-state index is 11.7. The lowest BCUT2D eigenvalue weighted by molar-refractivity contribution is 0.0597. The predicted octanol–water partition coefficient (Wildman–Crippen LogP) is 3.09. The van der Waals surface area contributed by atoms with Gasteiger partial charge in [0.15, 0.2) is 0 Å². The molecule has 0 unspecified atom stereocenters. The molecule has 1 aromatic rings. The largest absolute Gasteiger partial charge is 0.465 e. The molecule has 2 rings (SSSR count). The number of carbonyl (C=O) groups excluding carboxylic acids is 1. The van der Waals surface area contributed by atoms with E-state index in [1.165, 1.54) is 32.8 Å². The molecule has 3 nitrogen and oxygen atoms in total. The molecule has 0 saturated heterocycles. The average Bonchev–Trinajstić information content (AvgIpc) is 2.83. The summed E-state index contributed by atoms with van der Waals surface area (Å²) < 4.78 is 4.79. The van der Waals surface area contributed by atoms with Crippen molar-refractivity contribution in [2.75, 3.05) is 12.8 Å². The van der Waals surface area contributed by atoms with Crippen molar-refractivity contribution in [3.63, 3.8) is 0 Å². The van der Waals surface area contributed by atoms with Gasteiger partial charge in [-0.2, -0.15) is 0 Å². The Morgan fingerprint density at radius 1 is 1.41 bits per heavy atom. The second kappa shape index (κ2) is 5.45. The number of nitrogens with two attached hydrogens (primary N) is 1. The number of anilines is 1. The van der Waals surface area contributed by atoms with E-state index in [2.05, 4.69) is 0 Å². The number of esters is 1. The number of thioether (sulfide) groups is 1. The molecule has 17 heavy (non-hydrogen) atoms. The smallest absolute Gasteiger partial charge is 0.339 e. The van der Waals surface area contributed by atoms with E-state index in [0.717, 1.165) is 4.90 Å². The first-order valence-corrected chi connectivity index (χ1v) is 6.73. The zero-order chi connectivity index (χ0) is 12.3. The molecule has 92 valence electrons. The number of hydrogen-bond donors (Lipinski definition) is 1. The number of nitrogen functional groups attached to an aromatic ring is 1. The fourth-order valence-electron chi connectivity index (χ4n) is 2.11. The van der Waals surface area contributed by atoms with Crippen molar-refractivity contribution in [3.8, 4) is 0 Å². The third kappa shape index (κ3) is 2.94. The lowest BCUT2D eigenvalue weighted by Crippen LogP contribution is -2.06. The van der Waals surface area contributed by atoms with E-state index in [1.807, 2.05) is 12.1 Å². The molecule has 4 heteroatoms. The topological polar surface area (TPSA) is 52.3 Å². The summed E-state index contributed by atoms with van der Waals surface area (Å²) in [6.45, 7) is 0. The van der Waals surface area contributed by atoms with Crippen LogP contribution in [-0.2, 0) is 4.74 Å². The highest BCUT2D eigenvalue weighted by Gasteiger charge is 2.20. The molecule has 1 aliphatic carbocycles. The molecule has 1 saturated carbocycles. The lowest BCUT2D eigenvalue weighted by atomic mass is 10.2. The van der Waals surface area contributed by atoms with Gasteiger partial charge in [0.2, 0.25) is 0 Å².